The van der Waals surface area contributed by atoms with Crippen LogP contribution in [0.2, 0.25) is 0 Å². The molecular formula is C14H20N6O2S. The first-order chi connectivity index (χ1) is 11.0. The minimum absolute atomic E-state index is 0.169. The van der Waals surface area contributed by atoms with E-state index < -0.39 is 0 Å². The third-order valence-corrected chi connectivity index (χ3v) is 3.85. The van der Waals surface area contributed by atoms with Crippen molar-refractivity contribution in [3.63, 3.8) is 0 Å². The van der Waals surface area contributed by atoms with E-state index in [1.54, 1.807) is 19.3 Å². The molecule has 2 heterocycles. The molecule has 0 saturated heterocycles. The summed E-state index contributed by atoms with van der Waals surface area (Å²) in [7, 11) is 1.69. The van der Waals surface area contributed by atoms with E-state index >= 15 is 0 Å². The van der Waals surface area contributed by atoms with Gasteiger partial charge in [0.05, 0.1) is 0 Å². The van der Waals surface area contributed by atoms with Crippen LogP contribution >= 0.6 is 11.3 Å². The quantitative estimate of drug-likeness (QED) is 0.792. The lowest BCUT2D eigenvalue weighted by Gasteiger charge is -2.05. The van der Waals surface area contributed by atoms with E-state index in [-0.39, 0.29) is 24.8 Å². The number of aromatic nitrogens is 4. The first kappa shape index (κ1) is 17.1. The van der Waals surface area contributed by atoms with Crippen molar-refractivity contribution >= 4 is 28.3 Å². The van der Waals surface area contributed by atoms with Gasteiger partial charge in [-0.2, -0.15) is 5.10 Å². The summed E-state index contributed by atoms with van der Waals surface area (Å²) in [6.07, 6.45) is 2.56. The van der Waals surface area contributed by atoms with Crippen LogP contribution in [-0.4, -0.2) is 38.3 Å². The van der Waals surface area contributed by atoms with Crippen LogP contribution in [0.3, 0.4) is 0 Å². The summed E-state index contributed by atoms with van der Waals surface area (Å²) in [5.74, 6) is 0.0317. The highest BCUT2D eigenvalue weighted by Crippen LogP contribution is 2.18. The predicted molar refractivity (Wildman–Crippen MR) is 87.2 cm³/mol. The summed E-state index contributed by atoms with van der Waals surface area (Å²) in [5.41, 5.74) is 0.452. The predicted octanol–water partition coefficient (Wildman–Crippen LogP) is 1.23. The molecule has 0 atom stereocenters. The van der Waals surface area contributed by atoms with Gasteiger partial charge in [-0.25, -0.2) is 0 Å². The average Bonchev–Trinajstić information content (AvgIpc) is 3.07. The van der Waals surface area contributed by atoms with Crippen LogP contribution < -0.4 is 10.6 Å². The van der Waals surface area contributed by atoms with E-state index in [4.69, 9.17) is 0 Å². The Bertz CT molecular complexity index is 678. The highest BCUT2D eigenvalue weighted by atomic mass is 32.1. The van der Waals surface area contributed by atoms with Crippen LogP contribution in [0.1, 0.15) is 35.8 Å². The van der Waals surface area contributed by atoms with Gasteiger partial charge in [-0.3, -0.25) is 14.3 Å². The van der Waals surface area contributed by atoms with E-state index in [1.165, 1.54) is 16.0 Å². The Balaban J connectivity index is 1.74. The molecule has 124 valence electrons. The van der Waals surface area contributed by atoms with Gasteiger partial charge in [0.15, 0.2) is 0 Å². The molecule has 0 unspecified atom stereocenters. The van der Waals surface area contributed by atoms with Crippen molar-refractivity contribution < 1.29 is 9.59 Å². The van der Waals surface area contributed by atoms with Gasteiger partial charge in [0.25, 0.3) is 5.91 Å². The molecule has 2 N–H and O–H groups in total. The van der Waals surface area contributed by atoms with Crippen molar-refractivity contribution in [3.8, 4) is 0 Å². The van der Waals surface area contributed by atoms with Crippen molar-refractivity contribution in [3.05, 3.63) is 23.0 Å². The van der Waals surface area contributed by atoms with Crippen LogP contribution in [0.15, 0.2) is 12.3 Å². The monoisotopic (exact) mass is 336 g/mol. The molecule has 2 aromatic rings. The standard InChI is InChI=1S/C14H20N6O2S/c1-9(2)8-12-18-19-14(23-12)17-11(21)5-6-15-13(22)10-4-7-16-20(10)3/h4,7,9H,5-6,8H2,1-3H3,(H,15,22)(H,17,19,21). The minimum atomic E-state index is -0.257. The third kappa shape index (κ3) is 5.13. The number of carbonyl (C=O) groups is 2. The molecule has 2 amide bonds. The number of carbonyl (C=O) groups excluding carboxylic acids is 2. The van der Waals surface area contributed by atoms with Crippen molar-refractivity contribution in [2.45, 2.75) is 26.7 Å². The second-order valence-corrected chi connectivity index (χ2v) is 6.56. The zero-order valence-electron chi connectivity index (χ0n) is 13.4. The van der Waals surface area contributed by atoms with E-state index in [0.29, 0.717) is 16.7 Å². The third-order valence-electron chi connectivity index (χ3n) is 2.99. The van der Waals surface area contributed by atoms with Crippen molar-refractivity contribution in [1.82, 2.24) is 25.3 Å². The van der Waals surface area contributed by atoms with Gasteiger partial charge in [-0.15, -0.1) is 10.2 Å². The molecule has 9 heteroatoms. The number of anilines is 1. The second kappa shape index (κ2) is 7.82. The minimum Gasteiger partial charge on any atom is -0.350 e. The highest BCUT2D eigenvalue weighted by Gasteiger charge is 2.12. The summed E-state index contributed by atoms with van der Waals surface area (Å²) >= 11 is 1.38. The summed E-state index contributed by atoms with van der Waals surface area (Å²) in [6, 6.07) is 1.62. The van der Waals surface area contributed by atoms with Crippen molar-refractivity contribution in [1.29, 1.82) is 0 Å². The second-order valence-electron chi connectivity index (χ2n) is 5.49. The molecule has 0 fully saturated rings. The maximum absolute atomic E-state index is 11.8. The van der Waals surface area contributed by atoms with E-state index in [9.17, 15) is 9.59 Å². The number of hydrogen-bond donors (Lipinski definition) is 2. The number of hydrogen-bond acceptors (Lipinski definition) is 6. The SMILES string of the molecule is CC(C)Cc1nnc(NC(=O)CCNC(=O)c2ccnn2C)s1. The average molecular weight is 336 g/mol. The molecule has 0 saturated carbocycles. The molecule has 23 heavy (non-hydrogen) atoms. The van der Waals surface area contributed by atoms with Gasteiger partial charge in [0.2, 0.25) is 11.0 Å². The molecule has 0 aliphatic heterocycles. The van der Waals surface area contributed by atoms with Crippen LogP contribution in [0, 0.1) is 5.92 Å². The topological polar surface area (TPSA) is 102 Å². The summed E-state index contributed by atoms with van der Waals surface area (Å²) in [6.45, 7) is 4.45. The summed E-state index contributed by atoms with van der Waals surface area (Å²) < 4.78 is 1.48. The van der Waals surface area contributed by atoms with Gasteiger partial charge < -0.3 is 10.6 Å². The fraction of sp³-hybridized carbons (Fsp3) is 0.500. The Kier molecular flexibility index (Phi) is 5.80. The van der Waals surface area contributed by atoms with E-state index in [0.717, 1.165) is 11.4 Å². The lowest BCUT2D eigenvalue weighted by molar-refractivity contribution is -0.116. The molecule has 2 rings (SSSR count). The Morgan fingerprint density at radius 3 is 2.78 bits per heavy atom. The van der Waals surface area contributed by atoms with Gasteiger partial charge in [0, 0.05) is 32.6 Å². The van der Waals surface area contributed by atoms with Crippen molar-refractivity contribution in [2.24, 2.45) is 13.0 Å². The molecule has 2 aromatic heterocycles. The Morgan fingerprint density at radius 2 is 2.13 bits per heavy atom. The smallest absolute Gasteiger partial charge is 0.269 e. The number of aryl methyl sites for hydroxylation is 1. The number of nitrogens with zero attached hydrogens (tertiary/aromatic N) is 4. The molecule has 8 nitrogen and oxygen atoms in total. The summed E-state index contributed by atoms with van der Waals surface area (Å²) in [4.78, 5) is 23.7. The number of rotatable bonds is 7. The maximum atomic E-state index is 11.8. The number of nitrogens with one attached hydrogen (secondary N) is 2. The molecule has 0 radical (unpaired) electrons. The van der Waals surface area contributed by atoms with Gasteiger partial charge >= 0.3 is 0 Å². The Labute approximate surface area is 138 Å². The molecular weight excluding hydrogens is 316 g/mol. The van der Waals surface area contributed by atoms with Crippen LogP contribution in [0.4, 0.5) is 5.13 Å². The zero-order chi connectivity index (χ0) is 16.8. The highest BCUT2D eigenvalue weighted by molar-refractivity contribution is 7.15. The Hall–Kier alpha value is -2.29. The van der Waals surface area contributed by atoms with Crippen molar-refractivity contribution in [2.75, 3.05) is 11.9 Å². The molecule has 0 spiro atoms. The molecule has 0 aliphatic carbocycles. The first-order valence-electron chi connectivity index (χ1n) is 7.34. The summed E-state index contributed by atoms with van der Waals surface area (Å²) in [5, 5.41) is 18.7. The van der Waals surface area contributed by atoms with Gasteiger partial charge in [0.1, 0.15) is 10.7 Å². The molecule has 0 aromatic carbocycles. The van der Waals surface area contributed by atoms with Crippen LogP contribution in [-0.2, 0) is 18.3 Å². The molecule has 0 bridgehead atoms. The largest absolute Gasteiger partial charge is 0.350 e. The zero-order valence-corrected chi connectivity index (χ0v) is 14.2. The molecule has 0 aliphatic rings. The van der Waals surface area contributed by atoms with E-state index in [2.05, 4.69) is 39.8 Å². The number of amides is 2. The fourth-order valence-electron chi connectivity index (χ4n) is 1.89. The first-order valence-corrected chi connectivity index (χ1v) is 8.15. The Morgan fingerprint density at radius 1 is 1.35 bits per heavy atom. The van der Waals surface area contributed by atoms with Crippen LogP contribution in [0.5, 0.6) is 0 Å². The van der Waals surface area contributed by atoms with Gasteiger partial charge in [-0.05, 0) is 12.0 Å². The lowest BCUT2D eigenvalue weighted by atomic mass is 10.1. The normalized spacial score (nSPS) is 10.8. The van der Waals surface area contributed by atoms with E-state index in [1.807, 2.05) is 0 Å². The van der Waals surface area contributed by atoms with Gasteiger partial charge in [-0.1, -0.05) is 25.2 Å². The lowest BCUT2D eigenvalue weighted by Crippen LogP contribution is -2.29. The fourth-order valence-corrected chi connectivity index (χ4v) is 2.86. The van der Waals surface area contributed by atoms with Crippen LogP contribution in [0.25, 0.3) is 0 Å². The maximum Gasteiger partial charge on any atom is 0.269 e.